The average molecular weight is 293 g/mol. The van der Waals surface area contributed by atoms with Crippen molar-refractivity contribution in [3.8, 4) is 0 Å². The maximum Gasteiger partial charge on any atom is 0.254 e. The molecule has 21 heavy (non-hydrogen) atoms. The highest BCUT2D eigenvalue weighted by atomic mass is 16.3. The molecule has 0 aromatic carbocycles. The molecule has 0 atom stereocenters. The minimum absolute atomic E-state index is 0.0234. The van der Waals surface area contributed by atoms with Crippen LogP contribution >= 0.6 is 0 Å². The Morgan fingerprint density at radius 3 is 2.62 bits per heavy atom. The molecule has 1 aliphatic carbocycles. The first-order chi connectivity index (χ1) is 9.96. The van der Waals surface area contributed by atoms with Crippen molar-refractivity contribution in [1.29, 1.82) is 0 Å². The minimum Gasteiger partial charge on any atom is -0.394 e. The molecular weight excluding hydrogens is 270 g/mol. The highest BCUT2D eigenvalue weighted by molar-refractivity contribution is 5.77. The maximum atomic E-state index is 12.1. The number of nitrogens with one attached hydrogen (secondary N) is 2. The second-order valence-electron chi connectivity index (χ2n) is 5.91. The van der Waals surface area contributed by atoms with Crippen LogP contribution in [0.4, 0.5) is 0 Å². The summed E-state index contributed by atoms with van der Waals surface area (Å²) in [7, 11) is 0. The number of aryl methyl sites for hydroxylation is 2. The van der Waals surface area contributed by atoms with Crippen LogP contribution in [0.25, 0.3) is 0 Å². The second-order valence-corrected chi connectivity index (χ2v) is 5.91. The van der Waals surface area contributed by atoms with Crippen LogP contribution in [0.3, 0.4) is 0 Å². The summed E-state index contributed by atoms with van der Waals surface area (Å²) in [5.74, 6) is 0.459. The third-order valence-electron chi connectivity index (χ3n) is 4.21. The minimum atomic E-state index is -0.454. The number of aromatic nitrogens is 2. The lowest BCUT2D eigenvalue weighted by Crippen LogP contribution is -2.49. The van der Waals surface area contributed by atoms with Gasteiger partial charge < -0.3 is 15.4 Å². The van der Waals surface area contributed by atoms with Crippen LogP contribution in [-0.2, 0) is 11.2 Å². The molecular formula is C15H23N3O3. The maximum absolute atomic E-state index is 12.1. The number of H-pyrrole nitrogens is 1. The lowest BCUT2D eigenvalue weighted by Gasteiger charge is -2.28. The van der Waals surface area contributed by atoms with E-state index in [9.17, 15) is 14.7 Å². The lowest BCUT2D eigenvalue weighted by molar-refractivity contribution is -0.123. The van der Waals surface area contributed by atoms with E-state index >= 15 is 0 Å². The van der Waals surface area contributed by atoms with Crippen LogP contribution in [-0.4, -0.2) is 33.1 Å². The van der Waals surface area contributed by atoms with Crippen molar-refractivity contribution in [3.05, 3.63) is 27.4 Å². The molecule has 3 N–H and O–H groups in total. The van der Waals surface area contributed by atoms with E-state index in [1.54, 1.807) is 13.8 Å². The normalized spacial score (nSPS) is 16.9. The Morgan fingerprint density at radius 2 is 2.05 bits per heavy atom. The first kappa shape index (κ1) is 15.7. The van der Waals surface area contributed by atoms with Gasteiger partial charge in [-0.15, -0.1) is 0 Å². The van der Waals surface area contributed by atoms with Crippen molar-refractivity contribution >= 4 is 5.91 Å². The molecule has 0 spiro atoms. The number of hydrogen-bond acceptors (Lipinski definition) is 4. The summed E-state index contributed by atoms with van der Waals surface area (Å²) in [5, 5.41) is 12.4. The molecule has 0 radical (unpaired) electrons. The zero-order valence-electron chi connectivity index (χ0n) is 12.7. The first-order valence-corrected chi connectivity index (χ1v) is 7.44. The number of hydrogen-bond donors (Lipinski definition) is 3. The third kappa shape index (κ3) is 3.69. The number of nitrogens with zero attached hydrogens (tertiary/aromatic N) is 1. The first-order valence-electron chi connectivity index (χ1n) is 7.44. The van der Waals surface area contributed by atoms with E-state index < -0.39 is 5.54 Å². The molecule has 0 saturated heterocycles. The molecule has 1 aromatic rings. The van der Waals surface area contributed by atoms with E-state index in [0.29, 0.717) is 23.5 Å². The number of carbonyl (C=O) groups is 1. The Bertz CT molecular complexity index is 574. The number of aliphatic hydroxyl groups excluding tert-OH is 1. The third-order valence-corrected chi connectivity index (χ3v) is 4.21. The van der Waals surface area contributed by atoms with Gasteiger partial charge in [0.05, 0.1) is 12.1 Å². The highest BCUT2D eigenvalue weighted by Crippen LogP contribution is 2.29. The zero-order valence-corrected chi connectivity index (χ0v) is 12.7. The average Bonchev–Trinajstić information content (AvgIpc) is 2.86. The van der Waals surface area contributed by atoms with Gasteiger partial charge in [0, 0.05) is 17.7 Å². The summed E-state index contributed by atoms with van der Waals surface area (Å²) >= 11 is 0. The predicted octanol–water partition coefficient (Wildman–Crippen LogP) is 0.741. The van der Waals surface area contributed by atoms with Gasteiger partial charge in [-0.25, -0.2) is 4.98 Å². The van der Waals surface area contributed by atoms with Gasteiger partial charge >= 0.3 is 0 Å². The monoisotopic (exact) mass is 293 g/mol. The molecule has 0 unspecified atom stereocenters. The van der Waals surface area contributed by atoms with Crippen LogP contribution in [0.15, 0.2) is 4.79 Å². The Kier molecular flexibility index (Phi) is 4.77. The summed E-state index contributed by atoms with van der Waals surface area (Å²) in [5.41, 5.74) is 0.594. The Morgan fingerprint density at radius 1 is 1.38 bits per heavy atom. The summed E-state index contributed by atoms with van der Waals surface area (Å²) in [6.07, 6.45) is 4.29. The fourth-order valence-corrected chi connectivity index (χ4v) is 3.02. The number of aliphatic hydroxyl groups is 1. The van der Waals surface area contributed by atoms with Crippen molar-refractivity contribution in [1.82, 2.24) is 15.3 Å². The van der Waals surface area contributed by atoms with Gasteiger partial charge in [-0.2, -0.15) is 0 Å². The standard InChI is InChI=1S/C15H23N3O3/c1-10-12(14(21)17-11(2)16-10)5-6-13(20)18-15(9-19)7-3-4-8-15/h19H,3-9H2,1-2H3,(H,18,20)(H,16,17,21). The molecule has 1 amide bonds. The molecule has 6 heteroatoms. The molecule has 2 rings (SSSR count). The highest BCUT2D eigenvalue weighted by Gasteiger charge is 2.34. The summed E-state index contributed by atoms with van der Waals surface area (Å²) in [6.45, 7) is 3.49. The summed E-state index contributed by atoms with van der Waals surface area (Å²) in [4.78, 5) is 30.8. The van der Waals surface area contributed by atoms with Crippen LogP contribution < -0.4 is 10.9 Å². The van der Waals surface area contributed by atoms with E-state index in [0.717, 1.165) is 25.7 Å². The Balaban J connectivity index is 1.97. The van der Waals surface area contributed by atoms with Crippen molar-refractivity contribution in [2.45, 2.75) is 57.9 Å². The number of carbonyl (C=O) groups excluding carboxylic acids is 1. The van der Waals surface area contributed by atoms with E-state index in [1.807, 2.05) is 0 Å². The van der Waals surface area contributed by atoms with Gasteiger partial charge in [-0.1, -0.05) is 12.8 Å². The van der Waals surface area contributed by atoms with Gasteiger partial charge in [-0.3, -0.25) is 9.59 Å². The molecule has 1 heterocycles. The number of rotatable bonds is 5. The topological polar surface area (TPSA) is 95.1 Å². The molecule has 1 saturated carbocycles. The van der Waals surface area contributed by atoms with E-state index in [-0.39, 0.29) is 24.5 Å². The molecule has 116 valence electrons. The largest absolute Gasteiger partial charge is 0.394 e. The van der Waals surface area contributed by atoms with Crippen molar-refractivity contribution in [3.63, 3.8) is 0 Å². The van der Waals surface area contributed by atoms with Gasteiger partial charge in [0.2, 0.25) is 5.91 Å². The molecule has 6 nitrogen and oxygen atoms in total. The van der Waals surface area contributed by atoms with Gasteiger partial charge in [0.25, 0.3) is 5.56 Å². The van der Waals surface area contributed by atoms with Crippen LogP contribution in [0.2, 0.25) is 0 Å². The molecule has 0 bridgehead atoms. The molecule has 0 aliphatic heterocycles. The van der Waals surface area contributed by atoms with E-state index in [1.165, 1.54) is 0 Å². The van der Waals surface area contributed by atoms with Crippen LogP contribution in [0, 0.1) is 13.8 Å². The van der Waals surface area contributed by atoms with Gasteiger partial charge in [-0.05, 0) is 33.1 Å². The Hall–Kier alpha value is -1.69. The zero-order chi connectivity index (χ0) is 15.5. The summed E-state index contributed by atoms with van der Waals surface area (Å²) < 4.78 is 0. The van der Waals surface area contributed by atoms with Gasteiger partial charge in [0.1, 0.15) is 5.82 Å². The number of amides is 1. The van der Waals surface area contributed by atoms with Crippen LogP contribution in [0.5, 0.6) is 0 Å². The molecule has 1 aliphatic rings. The number of aromatic amines is 1. The predicted molar refractivity (Wildman–Crippen MR) is 79.1 cm³/mol. The fraction of sp³-hybridized carbons (Fsp3) is 0.667. The lowest BCUT2D eigenvalue weighted by atomic mass is 9.98. The van der Waals surface area contributed by atoms with Gasteiger partial charge in [0.15, 0.2) is 0 Å². The SMILES string of the molecule is Cc1nc(C)c(CCC(=O)NC2(CO)CCCC2)c(=O)[nH]1. The van der Waals surface area contributed by atoms with Crippen molar-refractivity contribution in [2.24, 2.45) is 0 Å². The smallest absolute Gasteiger partial charge is 0.254 e. The fourth-order valence-electron chi connectivity index (χ4n) is 3.02. The van der Waals surface area contributed by atoms with E-state index in [2.05, 4.69) is 15.3 Å². The molecule has 1 aromatic heterocycles. The van der Waals surface area contributed by atoms with E-state index in [4.69, 9.17) is 0 Å². The van der Waals surface area contributed by atoms with Crippen molar-refractivity contribution < 1.29 is 9.90 Å². The molecule has 1 fully saturated rings. The van der Waals surface area contributed by atoms with Crippen molar-refractivity contribution in [2.75, 3.05) is 6.61 Å². The summed E-state index contributed by atoms with van der Waals surface area (Å²) in [6, 6.07) is 0. The second kappa shape index (κ2) is 6.39. The quantitative estimate of drug-likeness (QED) is 0.746. The van der Waals surface area contributed by atoms with Crippen LogP contribution in [0.1, 0.15) is 49.2 Å². The Labute approximate surface area is 124 Å².